The van der Waals surface area contributed by atoms with Crippen molar-refractivity contribution >= 4 is 17.4 Å². The third-order valence-electron chi connectivity index (χ3n) is 3.70. The number of carbonyl (C=O) groups is 1. The second kappa shape index (κ2) is 7.57. The number of benzene rings is 2. The number of anilines is 2. The lowest BCUT2D eigenvalue weighted by Gasteiger charge is -2.08. The number of pyridine rings is 1. The molecule has 0 atom stereocenters. The maximum Gasteiger partial charge on any atom is 0.256 e. The van der Waals surface area contributed by atoms with Crippen molar-refractivity contribution in [3.05, 3.63) is 89.4 Å². The van der Waals surface area contributed by atoms with Gasteiger partial charge < -0.3 is 10.6 Å². The van der Waals surface area contributed by atoms with Crippen molar-refractivity contribution in [2.24, 2.45) is 0 Å². The highest BCUT2D eigenvalue weighted by Gasteiger charge is 2.06. The summed E-state index contributed by atoms with van der Waals surface area (Å²) in [6, 6.07) is 17.3. The molecule has 0 radical (unpaired) electrons. The molecule has 0 aliphatic heterocycles. The fraction of sp³-hybridized carbons (Fsp3) is 0.100. The zero-order valence-electron chi connectivity index (χ0n) is 13.8. The molecule has 5 heteroatoms. The van der Waals surface area contributed by atoms with Gasteiger partial charge in [0.05, 0.1) is 11.9 Å². The van der Waals surface area contributed by atoms with Crippen LogP contribution < -0.4 is 10.6 Å². The number of rotatable bonds is 5. The zero-order chi connectivity index (χ0) is 17.6. The van der Waals surface area contributed by atoms with E-state index < -0.39 is 0 Å². The number of hydrogen-bond acceptors (Lipinski definition) is 3. The number of aryl methyl sites for hydroxylation is 1. The molecule has 1 aromatic heterocycles. The summed E-state index contributed by atoms with van der Waals surface area (Å²) in [5.41, 5.74) is 3.41. The second-order valence-corrected chi connectivity index (χ2v) is 5.74. The Morgan fingerprint density at radius 2 is 1.88 bits per heavy atom. The van der Waals surface area contributed by atoms with Crippen LogP contribution in [0.2, 0.25) is 0 Å². The molecule has 4 nitrogen and oxygen atoms in total. The molecule has 0 unspecified atom stereocenters. The van der Waals surface area contributed by atoms with Gasteiger partial charge in [0.1, 0.15) is 11.6 Å². The number of amides is 1. The van der Waals surface area contributed by atoms with E-state index in [2.05, 4.69) is 15.6 Å². The second-order valence-electron chi connectivity index (χ2n) is 5.74. The minimum Gasteiger partial charge on any atom is -0.380 e. The Morgan fingerprint density at radius 3 is 2.56 bits per heavy atom. The van der Waals surface area contributed by atoms with E-state index in [1.807, 2.05) is 31.2 Å². The minimum absolute atomic E-state index is 0.191. The average Bonchev–Trinajstić information content (AvgIpc) is 2.62. The van der Waals surface area contributed by atoms with Crippen molar-refractivity contribution in [3.63, 3.8) is 0 Å². The normalized spacial score (nSPS) is 10.3. The number of nitrogens with zero attached hydrogens (tertiary/aromatic N) is 1. The van der Waals surface area contributed by atoms with E-state index in [1.54, 1.807) is 30.5 Å². The van der Waals surface area contributed by atoms with E-state index >= 15 is 0 Å². The molecule has 0 fully saturated rings. The first-order chi connectivity index (χ1) is 12.1. The first-order valence-corrected chi connectivity index (χ1v) is 7.92. The zero-order valence-corrected chi connectivity index (χ0v) is 13.8. The minimum atomic E-state index is -0.251. The SMILES string of the molecule is Cc1cccc(C(=O)Nc2ccc(NCc3ccc(F)cc3)cn2)c1. The van der Waals surface area contributed by atoms with E-state index in [4.69, 9.17) is 0 Å². The van der Waals surface area contributed by atoms with Crippen LogP contribution in [0.15, 0.2) is 66.9 Å². The summed E-state index contributed by atoms with van der Waals surface area (Å²) in [7, 11) is 0. The maximum atomic E-state index is 12.9. The average molecular weight is 335 g/mol. The van der Waals surface area contributed by atoms with Crippen LogP contribution in [0.4, 0.5) is 15.9 Å². The number of hydrogen-bond donors (Lipinski definition) is 2. The topological polar surface area (TPSA) is 54.0 Å². The van der Waals surface area contributed by atoms with Crippen LogP contribution in [0.1, 0.15) is 21.5 Å². The molecule has 25 heavy (non-hydrogen) atoms. The van der Waals surface area contributed by atoms with Crippen LogP contribution >= 0.6 is 0 Å². The molecule has 2 N–H and O–H groups in total. The van der Waals surface area contributed by atoms with Gasteiger partial charge in [-0.15, -0.1) is 0 Å². The first-order valence-electron chi connectivity index (χ1n) is 7.92. The van der Waals surface area contributed by atoms with E-state index in [0.717, 1.165) is 16.8 Å². The van der Waals surface area contributed by atoms with E-state index in [0.29, 0.717) is 17.9 Å². The predicted molar refractivity (Wildman–Crippen MR) is 97.1 cm³/mol. The van der Waals surface area contributed by atoms with E-state index in [9.17, 15) is 9.18 Å². The Labute approximate surface area is 145 Å². The highest BCUT2D eigenvalue weighted by Crippen LogP contribution is 2.13. The Morgan fingerprint density at radius 1 is 1.08 bits per heavy atom. The molecule has 0 spiro atoms. The summed E-state index contributed by atoms with van der Waals surface area (Å²) in [6.45, 7) is 2.51. The van der Waals surface area contributed by atoms with Crippen molar-refractivity contribution in [1.82, 2.24) is 4.98 Å². The molecule has 0 aliphatic rings. The van der Waals surface area contributed by atoms with Crippen molar-refractivity contribution in [2.45, 2.75) is 13.5 Å². The van der Waals surface area contributed by atoms with Gasteiger partial charge in [-0.05, 0) is 48.9 Å². The van der Waals surface area contributed by atoms with Gasteiger partial charge in [0.2, 0.25) is 0 Å². The number of halogens is 1. The van der Waals surface area contributed by atoms with Crippen molar-refractivity contribution < 1.29 is 9.18 Å². The van der Waals surface area contributed by atoms with Gasteiger partial charge in [0, 0.05) is 12.1 Å². The van der Waals surface area contributed by atoms with Gasteiger partial charge in [0.15, 0.2) is 0 Å². The van der Waals surface area contributed by atoms with Crippen LogP contribution in [0.3, 0.4) is 0 Å². The van der Waals surface area contributed by atoms with Gasteiger partial charge in [0.25, 0.3) is 5.91 Å². The fourth-order valence-corrected chi connectivity index (χ4v) is 2.35. The van der Waals surface area contributed by atoms with E-state index in [1.165, 1.54) is 12.1 Å². The monoisotopic (exact) mass is 335 g/mol. The standard InChI is InChI=1S/C20H18FN3O/c1-14-3-2-4-16(11-14)20(25)24-19-10-9-18(13-23-19)22-12-15-5-7-17(21)8-6-15/h2-11,13,22H,12H2,1H3,(H,23,24,25). The molecule has 1 heterocycles. The van der Waals surface area contributed by atoms with Gasteiger partial charge in [-0.3, -0.25) is 4.79 Å². The van der Waals surface area contributed by atoms with Gasteiger partial charge in [-0.1, -0.05) is 29.8 Å². The largest absolute Gasteiger partial charge is 0.380 e. The van der Waals surface area contributed by atoms with Crippen LogP contribution in [0, 0.1) is 12.7 Å². The summed E-state index contributed by atoms with van der Waals surface area (Å²) >= 11 is 0. The predicted octanol–water partition coefficient (Wildman–Crippen LogP) is 4.39. The maximum absolute atomic E-state index is 12.9. The van der Waals surface area contributed by atoms with Crippen LogP contribution in [0.5, 0.6) is 0 Å². The van der Waals surface area contributed by atoms with E-state index in [-0.39, 0.29) is 11.7 Å². The summed E-state index contributed by atoms with van der Waals surface area (Å²) < 4.78 is 12.9. The number of carbonyl (C=O) groups excluding carboxylic acids is 1. The molecule has 0 bridgehead atoms. The fourth-order valence-electron chi connectivity index (χ4n) is 2.35. The molecule has 0 aliphatic carbocycles. The van der Waals surface area contributed by atoms with Crippen LogP contribution in [-0.4, -0.2) is 10.9 Å². The van der Waals surface area contributed by atoms with Gasteiger partial charge in [-0.25, -0.2) is 9.37 Å². The molecule has 0 saturated carbocycles. The Bertz CT molecular complexity index is 861. The Balaban J connectivity index is 1.58. The van der Waals surface area contributed by atoms with Crippen LogP contribution in [0.25, 0.3) is 0 Å². The highest BCUT2D eigenvalue weighted by atomic mass is 19.1. The summed E-state index contributed by atoms with van der Waals surface area (Å²) in [6.07, 6.45) is 1.65. The molecule has 0 saturated heterocycles. The molecular formula is C20H18FN3O. The summed E-state index contributed by atoms with van der Waals surface area (Å²) in [4.78, 5) is 16.4. The molecule has 3 aromatic rings. The smallest absolute Gasteiger partial charge is 0.256 e. The molecule has 3 rings (SSSR count). The molecular weight excluding hydrogens is 317 g/mol. The lowest BCUT2D eigenvalue weighted by atomic mass is 10.1. The van der Waals surface area contributed by atoms with Crippen LogP contribution in [-0.2, 0) is 6.54 Å². The molecule has 1 amide bonds. The first kappa shape index (κ1) is 16.6. The van der Waals surface area contributed by atoms with Crippen molar-refractivity contribution in [2.75, 3.05) is 10.6 Å². The Kier molecular flexibility index (Phi) is 5.04. The number of nitrogens with one attached hydrogen (secondary N) is 2. The molecule has 2 aromatic carbocycles. The number of aromatic nitrogens is 1. The molecule has 126 valence electrons. The lowest BCUT2D eigenvalue weighted by molar-refractivity contribution is 0.102. The van der Waals surface area contributed by atoms with Crippen molar-refractivity contribution in [3.8, 4) is 0 Å². The highest BCUT2D eigenvalue weighted by molar-refractivity contribution is 6.03. The lowest BCUT2D eigenvalue weighted by Crippen LogP contribution is -2.13. The summed E-state index contributed by atoms with van der Waals surface area (Å²) in [5.74, 6) is 0.0428. The van der Waals surface area contributed by atoms with Gasteiger partial charge >= 0.3 is 0 Å². The third-order valence-corrected chi connectivity index (χ3v) is 3.70. The quantitative estimate of drug-likeness (QED) is 0.727. The van der Waals surface area contributed by atoms with Crippen molar-refractivity contribution in [1.29, 1.82) is 0 Å². The van der Waals surface area contributed by atoms with Gasteiger partial charge in [-0.2, -0.15) is 0 Å². The third kappa shape index (κ3) is 4.64. The summed E-state index contributed by atoms with van der Waals surface area (Å²) in [5, 5.41) is 5.98. The Hall–Kier alpha value is -3.21.